The van der Waals surface area contributed by atoms with E-state index in [1.165, 1.54) is 6.20 Å². The van der Waals surface area contributed by atoms with E-state index in [0.717, 1.165) is 5.69 Å². The van der Waals surface area contributed by atoms with Crippen LogP contribution in [-0.4, -0.2) is 29.5 Å². The predicted molar refractivity (Wildman–Crippen MR) is 58.0 cm³/mol. The molecule has 3 nitrogen and oxygen atoms in total. The Balaban J connectivity index is 2.00. The first-order valence-corrected chi connectivity index (χ1v) is 5.64. The predicted octanol–water partition coefficient (Wildman–Crippen LogP) is 2.91. The fourth-order valence-corrected chi connectivity index (χ4v) is 2.12. The standard InChI is InChI=1S/C10H11ClF3N3/c11-9-5-8(6-15-16-9)17-3-1-7(2-4-17)10(12,13)14/h5-7H,1-4H2. The van der Waals surface area contributed by atoms with E-state index in [1.54, 1.807) is 6.07 Å². The smallest absolute Gasteiger partial charge is 0.370 e. The number of rotatable bonds is 1. The van der Waals surface area contributed by atoms with E-state index in [9.17, 15) is 13.2 Å². The Morgan fingerprint density at radius 3 is 2.47 bits per heavy atom. The lowest BCUT2D eigenvalue weighted by Gasteiger charge is -2.34. The number of nitrogens with zero attached hydrogens (tertiary/aromatic N) is 3. The van der Waals surface area contributed by atoms with Gasteiger partial charge in [-0.3, -0.25) is 0 Å². The topological polar surface area (TPSA) is 29.0 Å². The maximum absolute atomic E-state index is 12.5. The monoisotopic (exact) mass is 265 g/mol. The molecule has 0 aromatic carbocycles. The van der Waals surface area contributed by atoms with E-state index in [1.807, 2.05) is 4.90 Å². The van der Waals surface area contributed by atoms with Gasteiger partial charge in [-0.25, -0.2) is 0 Å². The van der Waals surface area contributed by atoms with E-state index >= 15 is 0 Å². The summed E-state index contributed by atoms with van der Waals surface area (Å²) in [5.41, 5.74) is 0.727. The normalized spacial score (nSPS) is 18.5. The second-order valence-corrected chi connectivity index (χ2v) is 4.43. The van der Waals surface area contributed by atoms with Crippen molar-refractivity contribution < 1.29 is 13.2 Å². The Kier molecular flexibility index (Phi) is 3.42. The highest BCUT2D eigenvalue weighted by atomic mass is 35.5. The summed E-state index contributed by atoms with van der Waals surface area (Å²) in [5.74, 6) is -1.19. The Morgan fingerprint density at radius 1 is 1.29 bits per heavy atom. The molecule has 1 fully saturated rings. The lowest BCUT2D eigenvalue weighted by atomic mass is 9.96. The van der Waals surface area contributed by atoms with Gasteiger partial charge in [0.15, 0.2) is 5.15 Å². The van der Waals surface area contributed by atoms with Gasteiger partial charge in [-0.15, -0.1) is 5.10 Å². The second-order valence-electron chi connectivity index (χ2n) is 4.04. The summed E-state index contributed by atoms with van der Waals surface area (Å²) in [6.45, 7) is 0.735. The highest BCUT2D eigenvalue weighted by molar-refractivity contribution is 6.29. The highest BCUT2D eigenvalue weighted by Gasteiger charge is 2.41. The van der Waals surface area contributed by atoms with Gasteiger partial charge >= 0.3 is 6.18 Å². The maximum Gasteiger partial charge on any atom is 0.391 e. The molecule has 0 amide bonds. The third-order valence-electron chi connectivity index (χ3n) is 2.93. The Bertz CT molecular complexity index is 389. The van der Waals surface area contributed by atoms with Crippen LogP contribution in [0.1, 0.15) is 12.8 Å². The molecule has 0 atom stereocenters. The Hall–Kier alpha value is -1.04. The van der Waals surface area contributed by atoms with Gasteiger partial charge in [0.25, 0.3) is 0 Å². The summed E-state index contributed by atoms with van der Waals surface area (Å²) in [5, 5.41) is 7.53. The van der Waals surface area contributed by atoms with E-state index in [-0.39, 0.29) is 18.0 Å². The first-order valence-electron chi connectivity index (χ1n) is 5.26. The number of hydrogen-bond acceptors (Lipinski definition) is 3. The van der Waals surface area contributed by atoms with E-state index in [2.05, 4.69) is 10.2 Å². The Labute approximate surface area is 102 Å². The molecule has 0 unspecified atom stereocenters. The fourth-order valence-electron chi connectivity index (χ4n) is 1.97. The van der Waals surface area contributed by atoms with Crippen LogP contribution in [0, 0.1) is 5.92 Å². The summed E-state index contributed by atoms with van der Waals surface area (Å²) in [4.78, 5) is 1.85. The third-order valence-corrected chi connectivity index (χ3v) is 3.12. The first-order chi connectivity index (χ1) is 7.97. The van der Waals surface area contributed by atoms with Crippen LogP contribution in [0.15, 0.2) is 12.3 Å². The van der Waals surface area contributed by atoms with Gasteiger partial charge in [-0.2, -0.15) is 18.3 Å². The van der Waals surface area contributed by atoms with Gasteiger partial charge in [-0.1, -0.05) is 11.6 Å². The van der Waals surface area contributed by atoms with Gasteiger partial charge in [0.05, 0.1) is 17.8 Å². The molecule has 0 N–H and O–H groups in total. The van der Waals surface area contributed by atoms with E-state index in [0.29, 0.717) is 13.1 Å². The van der Waals surface area contributed by atoms with Crippen LogP contribution in [0.2, 0.25) is 5.15 Å². The summed E-state index contributed by atoms with van der Waals surface area (Å²) in [6, 6.07) is 1.61. The van der Waals surface area contributed by atoms with Gasteiger partial charge < -0.3 is 4.90 Å². The van der Waals surface area contributed by atoms with Crippen LogP contribution in [-0.2, 0) is 0 Å². The molecule has 2 rings (SSSR count). The van der Waals surface area contributed by atoms with Crippen molar-refractivity contribution in [2.75, 3.05) is 18.0 Å². The molecule has 1 saturated heterocycles. The van der Waals surface area contributed by atoms with Gasteiger partial charge in [-0.05, 0) is 12.8 Å². The minimum absolute atomic E-state index is 0.115. The number of piperidine rings is 1. The van der Waals surface area contributed by atoms with Crippen LogP contribution >= 0.6 is 11.6 Å². The zero-order chi connectivity index (χ0) is 12.5. The first kappa shape index (κ1) is 12.4. The van der Waals surface area contributed by atoms with E-state index in [4.69, 9.17) is 11.6 Å². The average Bonchev–Trinajstić information content (AvgIpc) is 2.28. The van der Waals surface area contributed by atoms with Crippen molar-refractivity contribution in [3.05, 3.63) is 17.4 Å². The summed E-state index contributed by atoms with van der Waals surface area (Å²) >= 11 is 5.69. The summed E-state index contributed by atoms with van der Waals surface area (Å²) < 4.78 is 37.4. The second kappa shape index (κ2) is 4.68. The van der Waals surface area contributed by atoms with Gasteiger partial charge in [0.2, 0.25) is 0 Å². The van der Waals surface area contributed by atoms with Crippen molar-refractivity contribution in [3.8, 4) is 0 Å². The molecule has 17 heavy (non-hydrogen) atoms. The summed E-state index contributed by atoms with van der Waals surface area (Å²) in [7, 11) is 0. The molecule has 0 aliphatic carbocycles. The number of aromatic nitrogens is 2. The third kappa shape index (κ3) is 3.00. The molecular formula is C10H11ClF3N3. The van der Waals surface area contributed by atoms with Gasteiger partial charge in [0, 0.05) is 19.2 Å². The van der Waals surface area contributed by atoms with Crippen LogP contribution in [0.5, 0.6) is 0 Å². The van der Waals surface area contributed by atoms with Crippen molar-refractivity contribution in [3.63, 3.8) is 0 Å². The average molecular weight is 266 g/mol. The highest BCUT2D eigenvalue weighted by Crippen LogP contribution is 2.35. The molecule has 0 bridgehead atoms. The molecule has 1 aromatic rings. The molecule has 0 spiro atoms. The minimum Gasteiger partial charge on any atom is -0.370 e. The van der Waals surface area contributed by atoms with Crippen molar-refractivity contribution >= 4 is 17.3 Å². The number of anilines is 1. The summed E-state index contributed by atoms with van der Waals surface area (Å²) in [6.07, 6.45) is -2.34. The molecule has 7 heteroatoms. The van der Waals surface area contributed by atoms with E-state index < -0.39 is 12.1 Å². The number of alkyl halides is 3. The molecule has 1 aromatic heterocycles. The fraction of sp³-hybridized carbons (Fsp3) is 0.600. The molecule has 94 valence electrons. The molecule has 1 aliphatic rings. The van der Waals surface area contributed by atoms with Crippen LogP contribution < -0.4 is 4.90 Å². The van der Waals surface area contributed by atoms with Crippen molar-refractivity contribution in [2.45, 2.75) is 19.0 Å². The number of hydrogen-bond donors (Lipinski definition) is 0. The van der Waals surface area contributed by atoms with Crippen molar-refractivity contribution in [2.24, 2.45) is 5.92 Å². The largest absolute Gasteiger partial charge is 0.391 e. The zero-order valence-corrected chi connectivity index (χ0v) is 9.67. The lowest BCUT2D eigenvalue weighted by Crippen LogP contribution is -2.39. The lowest BCUT2D eigenvalue weighted by molar-refractivity contribution is -0.179. The maximum atomic E-state index is 12.5. The molecule has 0 radical (unpaired) electrons. The molecular weight excluding hydrogens is 255 g/mol. The Morgan fingerprint density at radius 2 is 1.94 bits per heavy atom. The SMILES string of the molecule is FC(F)(F)C1CCN(c2cnnc(Cl)c2)CC1. The van der Waals surface area contributed by atoms with Crippen LogP contribution in [0.4, 0.5) is 18.9 Å². The molecule has 1 aliphatic heterocycles. The van der Waals surface area contributed by atoms with Crippen molar-refractivity contribution in [1.82, 2.24) is 10.2 Å². The van der Waals surface area contributed by atoms with Crippen LogP contribution in [0.3, 0.4) is 0 Å². The zero-order valence-electron chi connectivity index (χ0n) is 8.91. The minimum atomic E-state index is -4.08. The van der Waals surface area contributed by atoms with Crippen LogP contribution in [0.25, 0.3) is 0 Å². The van der Waals surface area contributed by atoms with Gasteiger partial charge in [0.1, 0.15) is 0 Å². The molecule has 2 heterocycles. The van der Waals surface area contributed by atoms with Crippen molar-refractivity contribution in [1.29, 1.82) is 0 Å². The molecule has 0 saturated carbocycles. The quantitative estimate of drug-likeness (QED) is 0.782. The number of halogens is 4.